The molecule has 0 fully saturated rings. The van der Waals surface area contributed by atoms with Crippen molar-refractivity contribution >= 4 is 11.9 Å². The third-order valence-electron chi connectivity index (χ3n) is 5.37. The number of carboxylic acid groups (broad SMARTS) is 1. The van der Waals surface area contributed by atoms with Crippen LogP contribution in [0.15, 0.2) is 0 Å². The molecule has 5 heteroatoms. The van der Waals surface area contributed by atoms with Crippen LogP contribution in [0, 0.1) is 0 Å². The molecule has 0 aromatic heterocycles. The molecule has 0 aliphatic heterocycles. The first-order valence-corrected chi connectivity index (χ1v) is 12.1. The van der Waals surface area contributed by atoms with E-state index in [9.17, 15) is 14.7 Å². The first-order valence-electron chi connectivity index (χ1n) is 12.1. The summed E-state index contributed by atoms with van der Waals surface area (Å²) in [5.74, 6) is -1.43. The standard InChI is InChI=1S/C24H46O5/c1-3-5-7-9-10-11-12-14-16-18-22(20-23(26)27)29-24(28)19-21(25)17-15-13-8-6-4-2/h21-22,25H,3-20H2,1-2H3,(H,26,27)/t21-,22-/m0/s1. The highest BCUT2D eigenvalue weighted by molar-refractivity contribution is 5.71. The van der Waals surface area contributed by atoms with Crippen LogP contribution >= 0.6 is 0 Å². The van der Waals surface area contributed by atoms with E-state index in [1.807, 2.05) is 0 Å². The third kappa shape index (κ3) is 20.0. The van der Waals surface area contributed by atoms with E-state index in [1.165, 1.54) is 51.4 Å². The number of carbonyl (C=O) groups excluding carboxylic acids is 1. The molecule has 0 aliphatic carbocycles. The Balaban J connectivity index is 3.95. The van der Waals surface area contributed by atoms with Gasteiger partial charge in [-0.2, -0.15) is 0 Å². The highest BCUT2D eigenvalue weighted by atomic mass is 16.5. The molecular weight excluding hydrogens is 368 g/mol. The molecule has 5 nitrogen and oxygen atoms in total. The van der Waals surface area contributed by atoms with Crippen molar-refractivity contribution < 1.29 is 24.5 Å². The molecular formula is C24H46O5. The van der Waals surface area contributed by atoms with Crippen molar-refractivity contribution in [2.24, 2.45) is 0 Å². The first kappa shape index (κ1) is 27.9. The van der Waals surface area contributed by atoms with Gasteiger partial charge in [0, 0.05) is 0 Å². The number of hydrogen-bond donors (Lipinski definition) is 2. The van der Waals surface area contributed by atoms with E-state index >= 15 is 0 Å². The molecule has 0 bridgehead atoms. The van der Waals surface area contributed by atoms with Gasteiger partial charge in [0.25, 0.3) is 0 Å². The Morgan fingerprint density at radius 2 is 1.14 bits per heavy atom. The zero-order valence-corrected chi connectivity index (χ0v) is 19.0. The lowest BCUT2D eigenvalue weighted by molar-refractivity contribution is -0.155. The minimum absolute atomic E-state index is 0.0400. The van der Waals surface area contributed by atoms with Gasteiger partial charge >= 0.3 is 11.9 Å². The fourth-order valence-corrected chi connectivity index (χ4v) is 3.59. The molecule has 0 unspecified atom stereocenters. The third-order valence-corrected chi connectivity index (χ3v) is 5.37. The quantitative estimate of drug-likeness (QED) is 0.168. The lowest BCUT2D eigenvalue weighted by Crippen LogP contribution is -2.24. The summed E-state index contributed by atoms with van der Waals surface area (Å²) in [5, 5.41) is 19.1. The molecule has 0 spiro atoms. The molecule has 0 saturated heterocycles. The maximum absolute atomic E-state index is 12.1. The molecule has 0 saturated carbocycles. The van der Waals surface area contributed by atoms with Crippen molar-refractivity contribution in [2.75, 3.05) is 0 Å². The van der Waals surface area contributed by atoms with E-state index in [0.29, 0.717) is 12.8 Å². The fourth-order valence-electron chi connectivity index (χ4n) is 3.59. The van der Waals surface area contributed by atoms with E-state index in [2.05, 4.69) is 13.8 Å². The molecule has 0 radical (unpaired) electrons. The first-order chi connectivity index (χ1) is 14.0. The lowest BCUT2D eigenvalue weighted by atomic mass is 10.0. The van der Waals surface area contributed by atoms with E-state index < -0.39 is 24.1 Å². The number of ether oxygens (including phenoxy) is 1. The SMILES string of the molecule is CCCCCCCCCCC[C@@H](CC(=O)O)OC(=O)C[C@@H](O)CCCCCCC. The van der Waals surface area contributed by atoms with Crippen LogP contribution in [-0.2, 0) is 14.3 Å². The van der Waals surface area contributed by atoms with Crippen LogP contribution in [0.2, 0.25) is 0 Å². The van der Waals surface area contributed by atoms with Gasteiger partial charge in [0.2, 0.25) is 0 Å². The van der Waals surface area contributed by atoms with Gasteiger partial charge in [-0.3, -0.25) is 9.59 Å². The Hall–Kier alpha value is -1.10. The monoisotopic (exact) mass is 414 g/mol. The number of unbranched alkanes of at least 4 members (excludes halogenated alkanes) is 12. The highest BCUT2D eigenvalue weighted by Crippen LogP contribution is 2.16. The fraction of sp³-hybridized carbons (Fsp3) is 0.917. The number of hydrogen-bond acceptors (Lipinski definition) is 4. The number of carbonyl (C=O) groups is 2. The average molecular weight is 415 g/mol. The molecule has 0 rings (SSSR count). The molecule has 172 valence electrons. The van der Waals surface area contributed by atoms with Crippen LogP contribution in [0.25, 0.3) is 0 Å². The normalized spacial score (nSPS) is 13.2. The predicted molar refractivity (Wildman–Crippen MR) is 118 cm³/mol. The molecule has 0 amide bonds. The second kappa shape index (κ2) is 20.2. The van der Waals surface area contributed by atoms with Gasteiger partial charge in [0.15, 0.2) is 0 Å². The Morgan fingerprint density at radius 1 is 0.690 bits per heavy atom. The predicted octanol–water partition coefficient (Wildman–Crippen LogP) is 6.41. The van der Waals surface area contributed by atoms with Gasteiger partial charge in [0.1, 0.15) is 6.10 Å². The van der Waals surface area contributed by atoms with Crippen LogP contribution in [-0.4, -0.2) is 34.4 Å². The Morgan fingerprint density at radius 3 is 1.62 bits per heavy atom. The second-order valence-corrected chi connectivity index (χ2v) is 8.39. The Bertz CT molecular complexity index is 397. The van der Waals surface area contributed by atoms with Gasteiger partial charge in [-0.05, 0) is 19.3 Å². The Labute approximate surface area is 178 Å². The number of carboxylic acids is 1. The molecule has 0 heterocycles. The number of aliphatic hydroxyl groups excluding tert-OH is 1. The molecule has 0 aromatic carbocycles. The topological polar surface area (TPSA) is 83.8 Å². The van der Waals surface area contributed by atoms with Gasteiger partial charge in [-0.25, -0.2) is 0 Å². The van der Waals surface area contributed by atoms with Crippen molar-refractivity contribution in [1.82, 2.24) is 0 Å². The smallest absolute Gasteiger partial charge is 0.308 e. The molecule has 2 N–H and O–H groups in total. The lowest BCUT2D eigenvalue weighted by Gasteiger charge is -2.17. The van der Waals surface area contributed by atoms with Crippen LogP contribution < -0.4 is 0 Å². The Kier molecular flexibility index (Phi) is 19.4. The highest BCUT2D eigenvalue weighted by Gasteiger charge is 2.20. The molecule has 2 atom stereocenters. The number of rotatable bonds is 21. The van der Waals surface area contributed by atoms with Crippen molar-refractivity contribution in [3.8, 4) is 0 Å². The number of aliphatic carboxylic acids is 1. The van der Waals surface area contributed by atoms with Crippen LogP contribution in [0.4, 0.5) is 0 Å². The minimum atomic E-state index is -0.949. The minimum Gasteiger partial charge on any atom is -0.481 e. The van der Waals surface area contributed by atoms with E-state index in [0.717, 1.165) is 38.5 Å². The number of aliphatic hydroxyl groups is 1. The van der Waals surface area contributed by atoms with Crippen LogP contribution in [0.5, 0.6) is 0 Å². The zero-order valence-electron chi connectivity index (χ0n) is 19.0. The van der Waals surface area contributed by atoms with Crippen molar-refractivity contribution in [3.63, 3.8) is 0 Å². The van der Waals surface area contributed by atoms with E-state index in [-0.39, 0.29) is 12.8 Å². The van der Waals surface area contributed by atoms with Gasteiger partial charge < -0.3 is 14.9 Å². The van der Waals surface area contributed by atoms with Crippen molar-refractivity contribution in [3.05, 3.63) is 0 Å². The molecule has 0 aromatic rings. The summed E-state index contributed by atoms with van der Waals surface area (Å²) in [6, 6.07) is 0. The van der Waals surface area contributed by atoms with Crippen molar-refractivity contribution in [1.29, 1.82) is 0 Å². The van der Waals surface area contributed by atoms with Gasteiger partial charge in [0.05, 0.1) is 18.9 Å². The van der Waals surface area contributed by atoms with Crippen LogP contribution in [0.3, 0.4) is 0 Å². The summed E-state index contributed by atoms with van der Waals surface area (Å²) in [6.45, 7) is 4.38. The zero-order chi connectivity index (χ0) is 21.7. The maximum Gasteiger partial charge on any atom is 0.308 e. The van der Waals surface area contributed by atoms with E-state index in [4.69, 9.17) is 9.84 Å². The molecule has 0 aliphatic rings. The largest absolute Gasteiger partial charge is 0.481 e. The molecule has 29 heavy (non-hydrogen) atoms. The summed E-state index contributed by atoms with van der Waals surface area (Å²) in [7, 11) is 0. The maximum atomic E-state index is 12.1. The second-order valence-electron chi connectivity index (χ2n) is 8.39. The van der Waals surface area contributed by atoms with E-state index in [1.54, 1.807) is 0 Å². The summed E-state index contributed by atoms with van der Waals surface area (Å²) in [6.07, 6.45) is 16.0. The van der Waals surface area contributed by atoms with Crippen LogP contribution in [0.1, 0.15) is 129 Å². The average Bonchev–Trinajstić information content (AvgIpc) is 2.65. The van der Waals surface area contributed by atoms with Crippen molar-refractivity contribution in [2.45, 2.75) is 142 Å². The van der Waals surface area contributed by atoms with Gasteiger partial charge in [-0.15, -0.1) is 0 Å². The summed E-state index contributed by atoms with van der Waals surface area (Å²) in [5.41, 5.74) is 0. The van der Waals surface area contributed by atoms with Gasteiger partial charge in [-0.1, -0.05) is 97.3 Å². The summed E-state index contributed by atoms with van der Waals surface area (Å²) in [4.78, 5) is 23.1. The number of esters is 1. The summed E-state index contributed by atoms with van der Waals surface area (Å²) < 4.78 is 5.37. The summed E-state index contributed by atoms with van der Waals surface area (Å²) >= 11 is 0.